The lowest BCUT2D eigenvalue weighted by molar-refractivity contribution is -0.115. The van der Waals surface area contributed by atoms with Gasteiger partial charge in [-0.2, -0.15) is 0 Å². The van der Waals surface area contributed by atoms with Gasteiger partial charge in [-0.1, -0.05) is 23.7 Å². The van der Waals surface area contributed by atoms with E-state index in [0.29, 0.717) is 23.9 Å². The standard InChI is InChI=1S/C24H30ClN5O3/c1-24(2,3)33-23(32)30-10-6-7-17(15-30)19-9-8-16(13-26-19)11-22(31)28-21-12-20(29(4)5)18(25)14-27-21/h7-9,12-14H,6,10-11,15H2,1-5H3,(H,27,28,31). The fourth-order valence-corrected chi connectivity index (χ4v) is 3.61. The molecule has 0 saturated carbocycles. The SMILES string of the molecule is CN(C)c1cc(NC(=O)Cc2ccc(C3=CCCN(C(=O)OC(C)(C)C)C3)nc2)ncc1Cl. The molecule has 0 bridgehead atoms. The van der Waals surface area contributed by atoms with Crippen LogP contribution in [-0.2, 0) is 16.0 Å². The van der Waals surface area contributed by atoms with Crippen molar-refractivity contribution in [3.8, 4) is 0 Å². The van der Waals surface area contributed by atoms with Crippen molar-refractivity contribution in [1.29, 1.82) is 0 Å². The van der Waals surface area contributed by atoms with Crippen LogP contribution in [0.15, 0.2) is 36.7 Å². The van der Waals surface area contributed by atoms with E-state index in [1.165, 1.54) is 6.20 Å². The number of carbonyl (C=O) groups excluding carboxylic acids is 2. The second-order valence-corrected chi connectivity index (χ2v) is 9.52. The molecule has 0 fully saturated rings. The molecule has 1 aliphatic heterocycles. The van der Waals surface area contributed by atoms with E-state index >= 15 is 0 Å². The van der Waals surface area contributed by atoms with E-state index in [4.69, 9.17) is 16.3 Å². The Labute approximate surface area is 199 Å². The molecule has 0 atom stereocenters. The summed E-state index contributed by atoms with van der Waals surface area (Å²) in [6, 6.07) is 5.47. The molecule has 2 aromatic heterocycles. The highest BCUT2D eigenvalue weighted by molar-refractivity contribution is 6.33. The summed E-state index contributed by atoms with van der Waals surface area (Å²) in [5.41, 5.74) is 2.76. The molecule has 0 saturated heterocycles. The third-order valence-electron chi connectivity index (χ3n) is 4.91. The van der Waals surface area contributed by atoms with Gasteiger partial charge in [0.25, 0.3) is 0 Å². The van der Waals surface area contributed by atoms with Crippen molar-refractivity contribution in [2.45, 2.75) is 39.2 Å². The van der Waals surface area contributed by atoms with Gasteiger partial charge in [0.05, 0.1) is 35.6 Å². The lowest BCUT2D eigenvalue weighted by Crippen LogP contribution is -2.39. The maximum absolute atomic E-state index is 12.5. The summed E-state index contributed by atoms with van der Waals surface area (Å²) in [5, 5.41) is 3.31. The van der Waals surface area contributed by atoms with Gasteiger partial charge in [-0.15, -0.1) is 0 Å². The van der Waals surface area contributed by atoms with Gasteiger partial charge in [0, 0.05) is 32.9 Å². The molecule has 3 rings (SSSR count). The molecule has 9 heteroatoms. The third-order valence-corrected chi connectivity index (χ3v) is 5.20. The maximum atomic E-state index is 12.5. The molecular weight excluding hydrogens is 442 g/mol. The predicted molar refractivity (Wildman–Crippen MR) is 131 cm³/mol. The van der Waals surface area contributed by atoms with Crippen LogP contribution in [0.3, 0.4) is 0 Å². The van der Waals surface area contributed by atoms with Crippen LogP contribution in [0.25, 0.3) is 5.57 Å². The minimum atomic E-state index is -0.533. The van der Waals surface area contributed by atoms with Crippen LogP contribution < -0.4 is 10.2 Å². The van der Waals surface area contributed by atoms with Crippen LogP contribution in [0.5, 0.6) is 0 Å². The number of nitrogens with zero attached hydrogens (tertiary/aromatic N) is 4. The molecule has 0 unspecified atom stereocenters. The molecule has 1 aliphatic rings. The molecule has 2 amide bonds. The average molecular weight is 472 g/mol. The fraction of sp³-hybridized carbons (Fsp3) is 0.417. The number of nitrogens with one attached hydrogen (secondary N) is 1. The van der Waals surface area contributed by atoms with Crippen molar-refractivity contribution < 1.29 is 14.3 Å². The van der Waals surface area contributed by atoms with Crippen molar-refractivity contribution in [2.24, 2.45) is 0 Å². The Balaban J connectivity index is 1.60. The van der Waals surface area contributed by atoms with Gasteiger partial charge in [0.2, 0.25) is 5.91 Å². The summed E-state index contributed by atoms with van der Waals surface area (Å²) >= 11 is 6.13. The third kappa shape index (κ3) is 6.92. The summed E-state index contributed by atoms with van der Waals surface area (Å²) in [4.78, 5) is 37.1. The van der Waals surface area contributed by atoms with E-state index < -0.39 is 5.60 Å². The highest BCUT2D eigenvalue weighted by Crippen LogP contribution is 2.26. The molecule has 0 aliphatic carbocycles. The Bertz CT molecular complexity index is 1050. The van der Waals surface area contributed by atoms with Crippen LogP contribution in [0.4, 0.5) is 16.3 Å². The molecule has 0 spiro atoms. The summed E-state index contributed by atoms with van der Waals surface area (Å²) < 4.78 is 5.48. The number of aromatic nitrogens is 2. The van der Waals surface area contributed by atoms with Gasteiger partial charge in [-0.25, -0.2) is 9.78 Å². The van der Waals surface area contributed by atoms with Crippen molar-refractivity contribution in [3.63, 3.8) is 0 Å². The van der Waals surface area contributed by atoms with E-state index in [-0.39, 0.29) is 18.4 Å². The quantitative estimate of drug-likeness (QED) is 0.695. The maximum Gasteiger partial charge on any atom is 0.410 e. The first-order valence-electron chi connectivity index (χ1n) is 10.8. The van der Waals surface area contributed by atoms with Gasteiger partial charge < -0.3 is 19.9 Å². The second-order valence-electron chi connectivity index (χ2n) is 9.11. The molecule has 8 nitrogen and oxygen atoms in total. The Morgan fingerprint density at radius 2 is 1.97 bits per heavy atom. The highest BCUT2D eigenvalue weighted by Gasteiger charge is 2.25. The Morgan fingerprint density at radius 3 is 2.61 bits per heavy atom. The van der Waals surface area contributed by atoms with Gasteiger partial charge >= 0.3 is 6.09 Å². The molecule has 176 valence electrons. The Kier molecular flexibility index (Phi) is 7.58. The van der Waals surface area contributed by atoms with Crippen LogP contribution >= 0.6 is 11.6 Å². The van der Waals surface area contributed by atoms with E-state index in [0.717, 1.165) is 28.9 Å². The molecular formula is C24H30ClN5O3. The number of pyridine rings is 2. The van der Waals surface area contributed by atoms with Gasteiger partial charge in [-0.3, -0.25) is 9.78 Å². The first-order chi connectivity index (χ1) is 15.5. The fourth-order valence-electron chi connectivity index (χ4n) is 3.34. The first-order valence-corrected chi connectivity index (χ1v) is 11.1. The number of hydrogen-bond acceptors (Lipinski definition) is 6. The number of amides is 2. The van der Waals surface area contributed by atoms with Crippen LogP contribution in [0.1, 0.15) is 38.4 Å². The molecule has 2 aromatic rings. The number of halogens is 1. The summed E-state index contributed by atoms with van der Waals surface area (Å²) in [5.74, 6) is 0.240. The van der Waals surface area contributed by atoms with Crippen molar-refractivity contribution in [2.75, 3.05) is 37.4 Å². The zero-order valence-corrected chi connectivity index (χ0v) is 20.4. The van der Waals surface area contributed by atoms with Gasteiger partial charge in [0.15, 0.2) is 0 Å². The average Bonchev–Trinajstić information content (AvgIpc) is 2.74. The number of hydrogen-bond donors (Lipinski definition) is 1. The van der Waals surface area contributed by atoms with Crippen molar-refractivity contribution >= 4 is 40.7 Å². The number of ether oxygens (including phenoxy) is 1. The first kappa shape index (κ1) is 24.5. The zero-order valence-electron chi connectivity index (χ0n) is 19.7. The summed E-state index contributed by atoms with van der Waals surface area (Å²) in [6.07, 6.45) is 5.87. The van der Waals surface area contributed by atoms with Crippen LogP contribution in [-0.4, -0.2) is 59.7 Å². The number of rotatable bonds is 5. The summed E-state index contributed by atoms with van der Waals surface area (Å²) in [7, 11) is 3.74. The van der Waals surface area contributed by atoms with Crippen LogP contribution in [0.2, 0.25) is 5.02 Å². The monoisotopic (exact) mass is 471 g/mol. The molecule has 1 N–H and O–H groups in total. The van der Waals surface area contributed by atoms with Crippen molar-refractivity contribution in [3.05, 3.63) is 52.9 Å². The van der Waals surface area contributed by atoms with E-state index in [9.17, 15) is 9.59 Å². The van der Waals surface area contributed by atoms with Gasteiger partial charge in [0.1, 0.15) is 11.4 Å². The Hall–Kier alpha value is -3.13. The predicted octanol–water partition coefficient (Wildman–Crippen LogP) is 4.40. The zero-order chi connectivity index (χ0) is 24.2. The smallest absolute Gasteiger partial charge is 0.410 e. The molecule has 0 radical (unpaired) electrons. The van der Waals surface area contributed by atoms with Gasteiger partial charge in [-0.05, 0) is 44.4 Å². The highest BCUT2D eigenvalue weighted by atomic mass is 35.5. The summed E-state index contributed by atoms with van der Waals surface area (Å²) in [6.45, 7) is 6.62. The second kappa shape index (κ2) is 10.2. The molecule has 33 heavy (non-hydrogen) atoms. The minimum absolute atomic E-state index is 0.165. The Morgan fingerprint density at radius 1 is 1.21 bits per heavy atom. The van der Waals surface area contributed by atoms with E-state index in [1.807, 2.05) is 51.9 Å². The minimum Gasteiger partial charge on any atom is -0.444 e. The number of anilines is 2. The number of carbonyl (C=O) groups is 2. The van der Waals surface area contributed by atoms with Crippen LogP contribution in [0, 0.1) is 0 Å². The lowest BCUT2D eigenvalue weighted by atomic mass is 10.0. The topological polar surface area (TPSA) is 87.7 Å². The molecule has 3 heterocycles. The molecule has 0 aromatic carbocycles. The van der Waals surface area contributed by atoms with E-state index in [1.54, 1.807) is 17.2 Å². The largest absolute Gasteiger partial charge is 0.444 e. The van der Waals surface area contributed by atoms with E-state index in [2.05, 4.69) is 21.4 Å². The normalized spacial score (nSPS) is 13.9. The van der Waals surface area contributed by atoms with Crippen molar-refractivity contribution in [1.82, 2.24) is 14.9 Å². The lowest BCUT2D eigenvalue weighted by Gasteiger charge is -2.30.